The monoisotopic (exact) mass is 403 g/mol. The van der Waals surface area contributed by atoms with Crippen LogP contribution in [0.5, 0.6) is 11.5 Å². The molecule has 7 heteroatoms. The smallest absolute Gasteiger partial charge is 0.321 e. The molecule has 0 aromatic heterocycles. The molecule has 1 aliphatic carbocycles. The standard InChI is InChI=1S/C22H33N3O4/c1-15-7-4-5-8-18(15)23-22(27)24-21(26)14-25-12-6-9-19(25)17-13-16(28-2)10-11-20(17)29-3/h10-11,13,15,18-19H,4-9,12,14H2,1-3H3,(H2,23,24,26,27). The van der Waals surface area contributed by atoms with Crippen LogP contribution in [0.25, 0.3) is 0 Å². The molecule has 7 nitrogen and oxygen atoms in total. The lowest BCUT2D eigenvalue weighted by molar-refractivity contribution is -0.121. The highest BCUT2D eigenvalue weighted by atomic mass is 16.5. The van der Waals surface area contributed by atoms with Gasteiger partial charge < -0.3 is 14.8 Å². The molecule has 0 radical (unpaired) electrons. The fourth-order valence-corrected chi connectivity index (χ4v) is 4.55. The Labute approximate surface area is 173 Å². The first-order valence-corrected chi connectivity index (χ1v) is 10.6. The van der Waals surface area contributed by atoms with E-state index in [1.165, 1.54) is 6.42 Å². The molecule has 2 N–H and O–H groups in total. The van der Waals surface area contributed by atoms with Crippen LogP contribution in [0.2, 0.25) is 0 Å². The first-order chi connectivity index (χ1) is 14.0. The van der Waals surface area contributed by atoms with Gasteiger partial charge in [0.2, 0.25) is 5.91 Å². The average molecular weight is 404 g/mol. The highest BCUT2D eigenvalue weighted by Crippen LogP contribution is 2.38. The topological polar surface area (TPSA) is 79.9 Å². The summed E-state index contributed by atoms with van der Waals surface area (Å²) < 4.78 is 10.9. The number of imide groups is 1. The van der Waals surface area contributed by atoms with Gasteiger partial charge >= 0.3 is 6.03 Å². The molecule has 1 saturated carbocycles. The first-order valence-electron chi connectivity index (χ1n) is 10.6. The van der Waals surface area contributed by atoms with Crippen molar-refractivity contribution in [1.82, 2.24) is 15.5 Å². The Bertz CT molecular complexity index is 724. The largest absolute Gasteiger partial charge is 0.497 e. The van der Waals surface area contributed by atoms with Crippen LogP contribution in [0, 0.1) is 5.92 Å². The number of carbonyl (C=O) groups excluding carboxylic acids is 2. The third kappa shape index (κ3) is 5.41. The Morgan fingerprint density at radius 3 is 2.62 bits per heavy atom. The summed E-state index contributed by atoms with van der Waals surface area (Å²) in [5.74, 6) is 1.72. The maximum Gasteiger partial charge on any atom is 0.321 e. The van der Waals surface area contributed by atoms with Crippen LogP contribution in [0.4, 0.5) is 4.79 Å². The van der Waals surface area contributed by atoms with Crippen LogP contribution in [-0.2, 0) is 4.79 Å². The molecule has 0 bridgehead atoms. The number of likely N-dealkylation sites (tertiary alicyclic amines) is 1. The van der Waals surface area contributed by atoms with E-state index in [4.69, 9.17) is 9.47 Å². The molecule has 3 amide bonds. The van der Waals surface area contributed by atoms with Gasteiger partial charge in [-0.05, 0) is 56.3 Å². The molecule has 3 atom stereocenters. The van der Waals surface area contributed by atoms with E-state index < -0.39 is 0 Å². The SMILES string of the molecule is COc1ccc(OC)c(C2CCCN2CC(=O)NC(=O)NC2CCCCC2C)c1. The number of nitrogens with zero attached hydrogens (tertiary/aromatic N) is 1. The maximum absolute atomic E-state index is 12.5. The fraction of sp³-hybridized carbons (Fsp3) is 0.636. The van der Waals surface area contributed by atoms with Gasteiger partial charge in [0.25, 0.3) is 0 Å². The Morgan fingerprint density at radius 1 is 1.10 bits per heavy atom. The molecule has 1 saturated heterocycles. The van der Waals surface area contributed by atoms with Gasteiger partial charge in [0.15, 0.2) is 0 Å². The summed E-state index contributed by atoms with van der Waals surface area (Å²) in [7, 11) is 3.28. The van der Waals surface area contributed by atoms with Gasteiger partial charge in [-0.1, -0.05) is 19.8 Å². The number of methoxy groups -OCH3 is 2. The van der Waals surface area contributed by atoms with E-state index in [1.807, 2.05) is 18.2 Å². The third-order valence-corrected chi connectivity index (χ3v) is 6.19. The molecule has 160 valence electrons. The van der Waals surface area contributed by atoms with Crippen molar-refractivity contribution in [2.45, 2.75) is 57.5 Å². The molecule has 1 aromatic carbocycles. The fourth-order valence-electron chi connectivity index (χ4n) is 4.55. The summed E-state index contributed by atoms with van der Waals surface area (Å²) in [5.41, 5.74) is 1.01. The zero-order valence-electron chi connectivity index (χ0n) is 17.7. The number of urea groups is 1. The number of carbonyl (C=O) groups is 2. The lowest BCUT2D eigenvalue weighted by atomic mass is 9.86. The van der Waals surface area contributed by atoms with Crippen molar-refractivity contribution in [2.24, 2.45) is 5.92 Å². The van der Waals surface area contributed by atoms with Gasteiger partial charge in [-0.2, -0.15) is 0 Å². The van der Waals surface area contributed by atoms with E-state index in [-0.39, 0.29) is 30.6 Å². The maximum atomic E-state index is 12.5. The Hall–Kier alpha value is -2.28. The molecule has 29 heavy (non-hydrogen) atoms. The molecular weight excluding hydrogens is 370 g/mol. The number of nitrogens with one attached hydrogen (secondary N) is 2. The predicted octanol–water partition coefficient (Wildman–Crippen LogP) is 3.25. The lowest BCUT2D eigenvalue weighted by Gasteiger charge is -2.29. The summed E-state index contributed by atoms with van der Waals surface area (Å²) in [6, 6.07) is 5.55. The number of hydrogen-bond acceptors (Lipinski definition) is 5. The van der Waals surface area contributed by atoms with Gasteiger partial charge in [0.1, 0.15) is 11.5 Å². The number of ether oxygens (including phenoxy) is 2. The lowest BCUT2D eigenvalue weighted by Crippen LogP contribution is -2.49. The molecule has 1 aliphatic heterocycles. The molecule has 2 fully saturated rings. The minimum atomic E-state index is -0.386. The second-order valence-corrected chi connectivity index (χ2v) is 8.13. The van der Waals surface area contributed by atoms with Crippen molar-refractivity contribution in [3.63, 3.8) is 0 Å². The van der Waals surface area contributed by atoms with Crippen LogP contribution in [0.1, 0.15) is 57.1 Å². The summed E-state index contributed by atoms with van der Waals surface area (Å²) in [6.45, 7) is 3.14. The van der Waals surface area contributed by atoms with Crippen molar-refractivity contribution in [3.05, 3.63) is 23.8 Å². The van der Waals surface area contributed by atoms with Crippen molar-refractivity contribution >= 4 is 11.9 Å². The second-order valence-electron chi connectivity index (χ2n) is 8.13. The van der Waals surface area contributed by atoms with E-state index in [0.29, 0.717) is 5.92 Å². The molecular formula is C22H33N3O4. The molecule has 0 spiro atoms. The summed E-state index contributed by atoms with van der Waals surface area (Å²) >= 11 is 0. The molecule has 2 aliphatic rings. The van der Waals surface area contributed by atoms with Crippen LogP contribution >= 0.6 is 0 Å². The third-order valence-electron chi connectivity index (χ3n) is 6.19. The van der Waals surface area contributed by atoms with E-state index in [1.54, 1.807) is 14.2 Å². The van der Waals surface area contributed by atoms with Gasteiger partial charge in [0, 0.05) is 17.6 Å². The zero-order valence-corrected chi connectivity index (χ0v) is 17.7. The van der Waals surface area contributed by atoms with Crippen molar-refractivity contribution in [1.29, 1.82) is 0 Å². The number of benzene rings is 1. The highest BCUT2D eigenvalue weighted by molar-refractivity contribution is 5.95. The van der Waals surface area contributed by atoms with Gasteiger partial charge in [-0.3, -0.25) is 15.0 Å². The molecule has 3 rings (SSSR count). The Balaban J connectivity index is 1.59. The Kier molecular flexibility index (Phi) is 7.36. The first kappa shape index (κ1) is 21.4. The van der Waals surface area contributed by atoms with E-state index in [9.17, 15) is 9.59 Å². The van der Waals surface area contributed by atoms with Crippen LogP contribution in [0.15, 0.2) is 18.2 Å². The van der Waals surface area contributed by atoms with Crippen LogP contribution in [0.3, 0.4) is 0 Å². The zero-order chi connectivity index (χ0) is 20.8. The molecule has 1 heterocycles. The van der Waals surface area contributed by atoms with Crippen molar-refractivity contribution in [2.75, 3.05) is 27.3 Å². The highest BCUT2D eigenvalue weighted by Gasteiger charge is 2.31. The average Bonchev–Trinajstić information content (AvgIpc) is 3.16. The van der Waals surface area contributed by atoms with Gasteiger partial charge in [0.05, 0.1) is 20.8 Å². The van der Waals surface area contributed by atoms with Crippen LogP contribution in [-0.4, -0.2) is 50.2 Å². The van der Waals surface area contributed by atoms with E-state index in [0.717, 1.165) is 55.7 Å². The molecule has 1 aromatic rings. The van der Waals surface area contributed by atoms with Crippen molar-refractivity contribution < 1.29 is 19.1 Å². The quantitative estimate of drug-likeness (QED) is 0.762. The normalized spacial score (nSPS) is 24.7. The summed E-state index contributed by atoms with van der Waals surface area (Å²) in [4.78, 5) is 26.9. The Morgan fingerprint density at radius 2 is 1.90 bits per heavy atom. The number of amides is 3. The van der Waals surface area contributed by atoms with Gasteiger partial charge in [-0.25, -0.2) is 4.79 Å². The summed E-state index contributed by atoms with van der Waals surface area (Å²) in [5, 5.41) is 5.49. The summed E-state index contributed by atoms with van der Waals surface area (Å²) in [6.07, 6.45) is 6.36. The number of rotatable bonds is 6. The second kappa shape index (κ2) is 9.96. The van der Waals surface area contributed by atoms with Crippen molar-refractivity contribution in [3.8, 4) is 11.5 Å². The number of hydrogen-bond donors (Lipinski definition) is 2. The van der Waals surface area contributed by atoms with Gasteiger partial charge in [-0.15, -0.1) is 0 Å². The minimum absolute atomic E-state index is 0.0622. The predicted molar refractivity (Wildman–Crippen MR) is 111 cm³/mol. The van der Waals surface area contributed by atoms with Crippen LogP contribution < -0.4 is 20.1 Å². The van der Waals surface area contributed by atoms with E-state index in [2.05, 4.69) is 22.5 Å². The minimum Gasteiger partial charge on any atom is -0.497 e. The molecule has 3 unspecified atom stereocenters. The van der Waals surface area contributed by atoms with E-state index >= 15 is 0 Å².